The molecule has 5 heteroatoms. The summed E-state index contributed by atoms with van der Waals surface area (Å²) in [6, 6.07) is 4.77. The third kappa shape index (κ3) is 4.62. The van der Waals surface area contributed by atoms with Gasteiger partial charge in [0.1, 0.15) is 11.3 Å². The standard InChI is InChI=1S/C14H19NO4/c1-9-6-5-7-10(12(9)17)13(18)19-8-11(16)15-14(2,3)4/h5-7,17H,8H2,1-4H3,(H,15,16). The quantitative estimate of drug-likeness (QED) is 0.817. The maximum absolute atomic E-state index is 11.7. The van der Waals surface area contributed by atoms with Gasteiger partial charge in [-0.15, -0.1) is 0 Å². The van der Waals surface area contributed by atoms with Gasteiger partial charge >= 0.3 is 5.97 Å². The van der Waals surface area contributed by atoms with E-state index in [0.29, 0.717) is 5.56 Å². The van der Waals surface area contributed by atoms with E-state index in [-0.39, 0.29) is 29.4 Å². The van der Waals surface area contributed by atoms with E-state index in [4.69, 9.17) is 4.74 Å². The van der Waals surface area contributed by atoms with Gasteiger partial charge in [-0.3, -0.25) is 4.79 Å². The number of carbonyl (C=O) groups excluding carboxylic acids is 2. The number of rotatable bonds is 3. The van der Waals surface area contributed by atoms with Crippen LogP contribution in [0.15, 0.2) is 18.2 Å². The van der Waals surface area contributed by atoms with Gasteiger partial charge in [0.15, 0.2) is 6.61 Å². The van der Waals surface area contributed by atoms with Crippen LogP contribution in [0.1, 0.15) is 36.7 Å². The van der Waals surface area contributed by atoms with Crippen LogP contribution in [0.3, 0.4) is 0 Å². The van der Waals surface area contributed by atoms with Gasteiger partial charge in [0.05, 0.1) is 0 Å². The van der Waals surface area contributed by atoms with Crippen molar-refractivity contribution in [3.05, 3.63) is 29.3 Å². The molecule has 0 fully saturated rings. The Kier molecular flexibility index (Phi) is 4.53. The monoisotopic (exact) mass is 265 g/mol. The SMILES string of the molecule is Cc1cccc(C(=O)OCC(=O)NC(C)(C)C)c1O. The number of aromatic hydroxyl groups is 1. The smallest absolute Gasteiger partial charge is 0.342 e. The fourth-order valence-electron chi connectivity index (χ4n) is 1.49. The van der Waals surface area contributed by atoms with E-state index < -0.39 is 5.97 Å². The van der Waals surface area contributed by atoms with Crippen LogP contribution in [0.5, 0.6) is 5.75 Å². The summed E-state index contributed by atoms with van der Waals surface area (Å²) in [4.78, 5) is 23.2. The summed E-state index contributed by atoms with van der Waals surface area (Å²) >= 11 is 0. The summed E-state index contributed by atoms with van der Waals surface area (Å²) in [5.74, 6) is -1.22. The molecule has 0 aromatic heterocycles. The van der Waals surface area contributed by atoms with Gasteiger partial charge in [-0.1, -0.05) is 12.1 Å². The summed E-state index contributed by atoms with van der Waals surface area (Å²) < 4.78 is 4.86. The van der Waals surface area contributed by atoms with Crippen molar-refractivity contribution in [2.45, 2.75) is 33.2 Å². The van der Waals surface area contributed by atoms with Crippen molar-refractivity contribution in [2.75, 3.05) is 6.61 Å². The molecule has 0 saturated heterocycles. The first kappa shape index (κ1) is 15.0. The second kappa shape index (κ2) is 5.73. The van der Waals surface area contributed by atoms with Crippen LogP contribution in [-0.4, -0.2) is 29.1 Å². The highest BCUT2D eigenvalue weighted by Crippen LogP contribution is 2.21. The molecule has 0 aliphatic carbocycles. The zero-order valence-electron chi connectivity index (χ0n) is 11.6. The molecule has 0 radical (unpaired) electrons. The molecule has 0 saturated carbocycles. The molecule has 0 aliphatic rings. The van der Waals surface area contributed by atoms with Crippen molar-refractivity contribution in [3.63, 3.8) is 0 Å². The molecule has 104 valence electrons. The number of nitrogens with one attached hydrogen (secondary N) is 1. The van der Waals surface area contributed by atoms with Crippen LogP contribution >= 0.6 is 0 Å². The van der Waals surface area contributed by atoms with Crippen LogP contribution in [-0.2, 0) is 9.53 Å². The second-order valence-electron chi connectivity index (χ2n) is 5.35. The molecule has 1 rings (SSSR count). The Labute approximate surface area is 112 Å². The van der Waals surface area contributed by atoms with Gasteiger partial charge < -0.3 is 15.2 Å². The third-order valence-electron chi connectivity index (χ3n) is 2.31. The van der Waals surface area contributed by atoms with Crippen LogP contribution in [0, 0.1) is 6.92 Å². The fourth-order valence-corrected chi connectivity index (χ4v) is 1.49. The Bertz CT molecular complexity index is 489. The molecule has 0 heterocycles. The van der Waals surface area contributed by atoms with E-state index in [1.54, 1.807) is 19.1 Å². The number of phenolic OH excluding ortho intramolecular Hbond substituents is 1. The lowest BCUT2D eigenvalue weighted by Gasteiger charge is -2.20. The van der Waals surface area contributed by atoms with Gasteiger partial charge in [0.25, 0.3) is 5.91 Å². The molecule has 19 heavy (non-hydrogen) atoms. The van der Waals surface area contributed by atoms with Crippen LogP contribution < -0.4 is 5.32 Å². The molecule has 0 unspecified atom stereocenters. The summed E-state index contributed by atoms with van der Waals surface area (Å²) in [5.41, 5.74) is 0.256. The van der Waals surface area contributed by atoms with Crippen LogP contribution in [0.25, 0.3) is 0 Å². The topological polar surface area (TPSA) is 75.6 Å². The molecular formula is C14H19NO4. The average molecular weight is 265 g/mol. The lowest BCUT2D eigenvalue weighted by molar-refractivity contribution is -0.125. The molecule has 1 aromatic rings. The summed E-state index contributed by atoms with van der Waals surface area (Å²) in [6.45, 7) is 6.80. The predicted molar refractivity (Wildman–Crippen MR) is 71.0 cm³/mol. The van der Waals surface area contributed by atoms with E-state index in [1.807, 2.05) is 20.8 Å². The minimum atomic E-state index is -0.717. The number of phenols is 1. The molecule has 1 amide bonds. The highest BCUT2D eigenvalue weighted by Gasteiger charge is 2.18. The number of benzene rings is 1. The number of esters is 1. The van der Waals surface area contributed by atoms with Gasteiger partial charge in [-0.2, -0.15) is 0 Å². The normalized spacial score (nSPS) is 10.9. The van der Waals surface area contributed by atoms with Crippen molar-refractivity contribution < 1.29 is 19.4 Å². The predicted octanol–water partition coefficient (Wildman–Crippen LogP) is 1.77. The molecule has 2 N–H and O–H groups in total. The average Bonchev–Trinajstić information content (AvgIpc) is 2.27. The number of hydrogen-bond acceptors (Lipinski definition) is 4. The van der Waals surface area contributed by atoms with E-state index in [1.165, 1.54) is 6.07 Å². The minimum Gasteiger partial charge on any atom is -0.507 e. The highest BCUT2D eigenvalue weighted by molar-refractivity contribution is 5.94. The lowest BCUT2D eigenvalue weighted by Crippen LogP contribution is -2.42. The van der Waals surface area contributed by atoms with Crippen molar-refractivity contribution >= 4 is 11.9 Å². The van der Waals surface area contributed by atoms with Crippen molar-refractivity contribution in [2.24, 2.45) is 0 Å². The number of ether oxygens (including phenoxy) is 1. The van der Waals surface area contributed by atoms with E-state index in [2.05, 4.69) is 5.32 Å². The van der Waals surface area contributed by atoms with Gasteiger partial charge in [-0.05, 0) is 39.3 Å². The van der Waals surface area contributed by atoms with Gasteiger partial charge in [-0.25, -0.2) is 4.79 Å². The molecule has 0 aliphatic heterocycles. The third-order valence-corrected chi connectivity index (χ3v) is 2.31. The first-order chi connectivity index (χ1) is 8.70. The maximum Gasteiger partial charge on any atom is 0.342 e. The Hall–Kier alpha value is -2.04. The lowest BCUT2D eigenvalue weighted by atomic mass is 10.1. The van der Waals surface area contributed by atoms with Crippen LogP contribution in [0.4, 0.5) is 0 Å². The minimum absolute atomic E-state index is 0.0589. The molecule has 0 bridgehead atoms. The molecule has 5 nitrogen and oxygen atoms in total. The second-order valence-corrected chi connectivity index (χ2v) is 5.35. The Morgan fingerprint density at radius 1 is 1.32 bits per heavy atom. The van der Waals surface area contributed by atoms with Gasteiger partial charge in [0, 0.05) is 5.54 Å². The molecule has 0 atom stereocenters. The first-order valence-corrected chi connectivity index (χ1v) is 5.97. The van der Waals surface area contributed by atoms with Crippen LogP contribution in [0.2, 0.25) is 0 Å². The number of para-hydroxylation sites is 1. The Morgan fingerprint density at radius 2 is 1.95 bits per heavy atom. The van der Waals surface area contributed by atoms with Crippen molar-refractivity contribution in [1.82, 2.24) is 5.32 Å². The summed E-state index contributed by atoms with van der Waals surface area (Å²) in [6.07, 6.45) is 0. The Morgan fingerprint density at radius 3 is 2.53 bits per heavy atom. The molecular weight excluding hydrogens is 246 g/mol. The van der Waals surface area contributed by atoms with Crippen molar-refractivity contribution in [1.29, 1.82) is 0 Å². The van der Waals surface area contributed by atoms with E-state index >= 15 is 0 Å². The zero-order chi connectivity index (χ0) is 14.6. The highest BCUT2D eigenvalue weighted by atomic mass is 16.5. The summed E-state index contributed by atoms with van der Waals surface area (Å²) in [5, 5.41) is 12.4. The number of aryl methyl sites for hydroxylation is 1. The van der Waals surface area contributed by atoms with E-state index in [9.17, 15) is 14.7 Å². The largest absolute Gasteiger partial charge is 0.507 e. The Balaban J connectivity index is 2.61. The fraction of sp³-hybridized carbons (Fsp3) is 0.429. The molecule has 0 spiro atoms. The molecule has 1 aromatic carbocycles. The number of carbonyl (C=O) groups is 2. The number of hydrogen-bond donors (Lipinski definition) is 2. The van der Waals surface area contributed by atoms with E-state index in [0.717, 1.165) is 0 Å². The summed E-state index contributed by atoms with van der Waals surface area (Å²) in [7, 11) is 0. The van der Waals surface area contributed by atoms with Crippen molar-refractivity contribution in [3.8, 4) is 5.75 Å². The first-order valence-electron chi connectivity index (χ1n) is 5.97. The zero-order valence-corrected chi connectivity index (χ0v) is 11.6. The number of amides is 1. The van der Waals surface area contributed by atoms with Gasteiger partial charge in [0.2, 0.25) is 0 Å². The maximum atomic E-state index is 11.7.